The Morgan fingerprint density at radius 1 is 1.06 bits per heavy atom. The maximum Gasteiger partial charge on any atom is 0.408 e. The molecule has 2 saturated carbocycles. The van der Waals surface area contributed by atoms with Crippen LogP contribution in [0.5, 0.6) is 5.88 Å². The number of carbonyl (C=O) groups is 4. The van der Waals surface area contributed by atoms with Crippen LogP contribution in [-0.2, 0) is 29.1 Å². The molecule has 0 spiro atoms. The van der Waals surface area contributed by atoms with Crippen LogP contribution in [0.4, 0.5) is 4.79 Å². The molecule has 3 fully saturated rings. The lowest BCUT2D eigenvalue weighted by Gasteiger charge is -2.30. The smallest absolute Gasteiger partial charge is 0.408 e. The van der Waals surface area contributed by atoms with E-state index >= 15 is 0 Å². The molecule has 0 bridgehead atoms. The van der Waals surface area contributed by atoms with Crippen LogP contribution in [0.2, 0.25) is 0 Å². The summed E-state index contributed by atoms with van der Waals surface area (Å²) in [7, 11) is -3.87. The van der Waals surface area contributed by atoms with Crippen LogP contribution < -0.4 is 20.1 Å². The molecular weight excluding hydrogens is 650 g/mol. The predicted molar refractivity (Wildman–Crippen MR) is 181 cm³/mol. The Morgan fingerprint density at radius 3 is 2.59 bits per heavy atom. The molecule has 2 aliphatic heterocycles. The number of hydrogen-bond acceptors (Lipinski definition) is 9. The summed E-state index contributed by atoms with van der Waals surface area (Å²) >= 11 is 0. The molecule has 1 aromatic carbocycles. The highest BCUT2D eigenvalue weighted by Gasteiger charge is 2.62. The van der Waals surface area contributed by atoms with E-state index in [0.29, 0.717) is 38.0 Å². The molecule has 6 rings (SSSR count). The molecule has 2 aromatic rings. The third-order valence-corrected chi connectivity index (χ3v) is 11.3. The molecule has 14 heteroatoms. The van der Waals surface area contributed by atoms with Gasteiger partial charge in [-0.3, -0.25) is 19.1 Å². The lowest BCUT2D eigenvalue weighted by molar-refractivity contribution is -0.141. The van der Waals surface area contributed by atoms with E-state index in [4.69, 9.17) is 9.47 Å². The van der Waals surface area contributed by atoms with E-state index in [1.54, 1.807) is 27.0 Å². The third kappa shape index (κ3) is 8.00. The maximum atomic E-state index is 14.3. The van der Waals surface area contributed by atoms with Crippen molar-refractivity contribution in [3.05, 3.63) is 48.7 Å². The zero-order chi connectivity index (χ0) is 35.0. The second-order valence-corrected chi connectivity index (χ2v) is 16.5. The van der Waals surface area contributed by atoms with Gasteiger partial charge in [-0.25, -0.2) is 18.2 Å². The Morgan fingerprint density at radius 2 is 1.84 bits per heavy atom. The second kappa shape index (κ2) is 13.6. The van der Waals surface area contributed by atoms with Crippen molar-refractivity contribution >= 4 is 44.6 Å². The number of allylic oxidation sites excluding steroid dienone is 1. The van der Waals surface area contributed by atoms with Gasteiger partial charge < -0.3 is 25.0 Å². The molecule has 0 unspecified atom stereocenters. The van der Waals surface area contributed by atoms with Crippen LogP contribution in [0.25, 0.3) is 10.8 Å². The molecule has 264 valence electrons. The van der Waals surface area contributed by atoms with Crippen molar-refractivity contribution in [3.63, 3.8) is 0 Å². The molecule has 0 radical (unpaired) electrons. The van der Waals surface area contributed by atoms with E-state index < -0.39 is 74.3 Å². The molecular formula is C35H45N5O8S. The largest absolute Gasteiger partial charge is 0.472 e. The van der Waals surface area contributed by atoms with Gasteiger partial charge in [0.25, 0.3) is 5.91 Å². The van der Waals surface area contributed by atoms with Gasteiger partial charge >= 0.3 is 6.09 Å². The SMILES string of the molecule is CC(C)(C)OC(=O)N[C@H]1CCCCCC=C[C@@H]2C[C@@]2(C(=O)NS(=O)(=O)C2CC2)NC(=O)[C@@H]2C[C@@H](Oc3nccc4ccccc34)CN2C1=O. The van der Waals surface area contributed by atoms with E-state index in [-0.39, 0.29) is 19.4 Å². The van der Waals surface area contributed by atoms with E-state index in [9.17, 15) is 27.6 Å². The Hall–Kier alpha value is -4.20. The number of hydrogen-bond donors (Lipinski definition) is 3. The first-order valence-electron chi connectivity index (χ1n) is 17.1. The second-order valence-electron chi connectivity index (χ2n) is 14.5. The van der Waals surface area contributed by atoms with Gasteiger partial charge in [-0.15, -0.1) is 0 Å². The van der Waals surface area contributed by atoms with Crippen molar-refractivity contribution in [2.75, 3.05) is 6.54 Å². The summed E-state index contributed by atoms with van der Waals surface area (Å²) in [6.45, 7) is 5.22. The summed E-state index contributed by atoms with van der Waals surface area (Å²) < 4.78 is 39.5. The van der Waals surface area contributed by atoms with Gasteiger partial charge in [-0.2, -0.15) is 0 Å². The fourth-order valence-electron chi connectivity index (χ4n) is 6.64. The maximum absolute atomic E-state index is 14.3. The van der Waals surface area contributed by atoms with E-state index in [1.165, 1.54) is 4.90 Å². The summed E-state index contributed by atoms with van der Waals surface area (Å²) in [5.74, 6) is -1.91. The van der Waals surface area contributed by atoms with Crippen molar-refractivity contribution < 1.29 is 37.1 Å². The van der Waals surface area contributed by atoms with Crippen molar-refractivity contribution in [1.82, 2.24) is 25.2 Å². The number of alkyl carbamates (subject to hydrolysis) is 1. The first-order chi connectivity index (χ1) is 23.3. The average Bonchev–Trinajstić information content (AvgIpc) is 3.96. The van der Waals surface area contributed by atoms with Crippen LogP contribution in [-0.4, -0.2) is 83.2 Å². The predicted octanol–water partition coefficient (Wildman–Crippen LogP) is 3.48. The lowest BCUT2D eigenvalue weighted by atomic mass is 10.0. The van der Waals surface area contributed by atoms with Crippen molar-refractivity contribution in [3.8, 4) is 5.88 Å². The number of ether oxygens (including phenoxy) is 2. The summed E-state index contributed by atoms with van der Waals surface area (Å²) in [6, 6.07) is 7.39. The summed E-state index contributed by atoms with van der Waals surface area (Å²) in [4.78, 5) is 60.9. The van der Waals surface area contributed by atoms with Gasteiger partial charge in [0, 0.05) is 23.9 Å². The zero-order valence-electron chi connectivity index (χ0n) is 28.1. The standard InChI is InChI=1S/C35H45N5O8S/c1-34(2,3)48-33(44)37-27-14-8-6-4-5-7-12-23-20-35(23,32(43)39-49(45,46)25-15-16-25)38-29(41)28-19-24(21-40(28)31(27)42)47-30-26-13-10-9-11-22(26)17-18-36-30/h7,9-13,17-18,23-25,27-28H,4-6,8,14-16,19-21H2,1-3H3,(H,37,44)(H,38,41)(H,39,43)/t23-,24-,27+,28+,35-/m1/s1. The molecule has 4 amide bonds. The molecule has 4 aliphatic rings. The third-order valence-electron chi connectivity index (χ3n) is 9.45. The van der Waals surface area contributed by atoms with Crippen molar-refractivity contribution in [2.45, 2.75) is 113 Å². The van der Waals surface area contributed by atoms with Crippen LogP contribution in [0.3, 0.4) is 0 Å². The number of fused-ring (bicyclic) bond motifs is 3. The molecule has 1 aromatic heterocycles. The number of carbonyl (C=O) groups excluding carboxylic acids is 4. The number of nitrogens with zero attached hydrogens (tertiary/aromatic N) is 2. The monoisotopic (exact) mass is 695 g/mol. The van der Waals surface area contributed by atoms with Crippen LogP contribution in [0, 0.1) is 5.92 Å². The summed E-state index contributed by atoms with van der Waals surface area (Å²) in [5, 5.41) is 6.68. The lowest BCUT2D eigenvalue weighted by Crippen LogP contribution is -2.58. The molecule has 2 aliphatic carbocycles. The molecule has 1 saturated heterocycles. The summed E-state index contributed by atoms with van der Waals surface area (Å²) in [5.41, 5.74) is -2.27. The topological polar surface area (TPSA) is 173 Å². The highest BCUT2D eigenvalue weighted by molar-refractivity contribution is 7.91. The van der Waals surface area contributed by atoms with Gasteiger partial charge in [0.15, 0.2) is 0 Å². The number of benzene rings is 1. The number of nitrogens with one attached hydrogen (secondary N) is 3. The van der Waals surface area contributed by atoms with Crippen molar-refractivity contribution in [2.24, 2.45) is 5.92 Å². The molecule has 5 atom stereocenters. The first kappa shape index (κ1) is 34.7. The minimum absolute atomic E-state index is 0.0207. The number of pyridine rings is 1. The number of sulfonamides is 1. The van der Waals surface area contributed by atoms with Crippen molar-refractivity contribution in [1.29, 1.82) is 0 Å². The average molecular weight is 696 g/mol. The molecule has 13 nitrogen and oxygen atoms in total. The van der Waals surface area contributed by atoms with Gasteiger partial charge in [0.05, 0.1) is 11.8 Å². The van der Waals surface area contributed by atoms with Gasteiger partial charge in [-0.1, -0.05) is 43.2 Å². The molecule has 3 N–H and O–H groups in total. The van der Waals surface area contributed by atoms with E-state index in [0.717, 1.165) is 23.6 Å². The minimum atomic E-state index is -3.87. The van der Waals surface area contributed by atoms with Crippen LogP contribution in [0.1, 0.15) is 78.6 Å². The first-order valence-corrected chi connectivity index (χ1v) is 18.7. The molecule has 3 heterocycles. The Kier molecular flexibility index (Phi) is 9.62. The quantitative estimate of drug-likeness (QED) is 0.383. The molecule has 49 heavy (non-hydrogen) atoms. The zero-order valence-corrected chi connectivity index (χ0v) is 29.0. The van der Waals surface area contributed by atoms with Gasteiger partial charge in [0.1, 0.15) is 29.3 Å². The highest BCUT2D eigenvalue weighted by atomic mass is 32.2. The minimum Gasteiger partial charge on any atom is -0.472 e. The van der Waals surface area contributed by atoms with Gasteiger partial charge in [-0.05, 0) is 76.8 Å². The Bertz CT molecular complexity index is 1750. The fraction of sp³-hybridized carbons (Fsp3) is 0.571. The number of amides is 4. The number of aromatic nitrogens is 1. The Balaban J connectivity index is 1.30. The van der Waals surface area contributed by atoms with Crippen LogP contribution in [0.15, 0.2) is 48.7 Å². The van der Waals surface area contributed by atoms with Gasteiger partial charge in [0.2, 0.25) is 27.7 Å². The van der Waals surface area contributed by atoms with Crippen LogP contribution >= 0.6 is 0 Å². The normalized spacial score (nSPS) is 27.9. The summed E-state index contributed by atoms with van der Waals surface area (Å²) in [6.07, 6.45) is 8.59. The Labute approximate surface area is 286 Å². The highest BCUT2D eigenvalue weighted by Crippen LogP contribution is 2.46. The van der Waals surface area contributed by atoms with E-state index in [2.05, 4.69) is 20.3 Å². The van der Waals surface area contributed by atoms with E-state index in [1.807, 2.05) is 42.5 Å². The fourth-order valence-corrected chi connectivity index (χ4v) is 8.00. The number of rotatable bonds is 6.